The maximum Gasteiger partial charge on any atom is 0.123 e. The van der Waals surface area contributed by atoms with Crippen molar-refractivity contribution in [1.29, 1.82) is 0 Å². The Kier molecular flexibility index (Phi) is 5.56. The second-order valence-corrected chi connectivity index (χ2v) is 10.4. The van der Waals surface area contributed by atoms with Crippen LogP contribution in [0.25, 0.3) is 44.8 Å². The Balaban J connectivity index is 1.10. The molecule has 2 saturated heterocycles. The van der Waals surface area contributed by atoms with Crippen LogP contribution in [0.3, 0.4) is 0 Å². The third kappa shape index (κ3) is 4.32. The fourth-order valence-corrected chi connectivity index (χ4v) is 5.51. The summed E-state index contributed by atoms with van der Waals surface area (Å²) in [5, 5.41) is 7.02. The van der Waals surface area contributed by atoms with Gasteiger partial charge < -0.3 is 20.6 Å². The van der Waals surface area contributed by atoms with E-state index in [-0.39, 0.29) is 6.04 Å². The van der Waals surface area contributed by atoms with E-state index in [1.54, 1.807) is 0 Å². The summed E-state index contributed by atoms with van der Waals surface area (Å²) in [5.41, 5.74) is 7.89. The number of H-pyrrole nitrogens is 2. The average molecular weight is 491 g/mol. The van der Waals surface area contributed by atoms with Crippen LogP contribution in [0.2, 0.25) is 0 Å². The number of hydrogen-bond acceptors (Lipinski definition) is 6. The summed E-state index contributed by atoms with van der Waals surface area (Å²) in [6.45, 7) is 4.36. The van der Waals surface area contributed by atoms with Gasteiger partial charge in [0.1, 0.15) is 17.3 Å². The lowest BCUT2D eigenvalue weighted by molar-refractivity contribution is 0.588. The fraction of sp³-hybridized carbons (Fsp3) is 0.310. The van der Waals surface area contributed by atoms with Crippen molar-refractivity contribution in [2.75, 3.05) is 13.1 Å². The van der Waals surface area contributed by atoms with Gasteiger partial charge in [-0.25, -0.2) is 15.0 Å². The van der Waals surface area contributed by atoms with Crippen LogP contribution in [0.5, 0.6) is 0 Å². The van der Waals surface area contributed by atoms with Gasteiger partial charge in [0, 0.05) is 0 Å². The molecule has 37 heavy (non-hydrogen) atoms. The summed E-state index contributed by atoms with van der Waals surface area (Å²) in [5.74, 6) is 2.67. The Morgan fingerprint density at radius 2 is 1.49 bits per heavy atom. The molecule has 0 spiro atoms. The Morgan fingerprint density at radius 3 is 2.27 bits per heavy atom. The molecule has 8 heteroatoms. The van der Waals surface area contributed by atoms with Gasteiger partial charge >= 0.3 is 0 Å². The number of rotatable bonds is 5. The number of benzene rings is 2. The Morgan fingerprint density at radius 1 is 0.730 bits per heavy atom. The van der Waals surface area contributed by atoms with Crippen molar-refractivity contribution in [3.8, 4) is 33.8 Å². The number of aromatic amines is 2. The van der Waals surface area contributed by atoms with Crippen molar-refractivity contribution in [3.63, 3.8) is 0 Å². The van der Waals surface area contributed by atoms with Crippen LogP contribution in [-0.4, -0.2) is 43.0 Å². The highest BCUT2D eigenvalue weighted by atomic mass is 15.1. The molecular weight excluding hydrogens is 460 g/mol. The van der Waals surface area contributed by atoms with Gasteiger partial charge in [0.05, 0.1) is 53.1 Å². The molecule has 7 rings (SSSR count). The summed E-state index contributed by atoms with van der Waals surface area (Å²) < 4.78 is 0. The Bertz CT molecular complexity index is 1540. The highest BCUT2D eigenvalue weighted by Gasteiger charge is 2.24. The zero-order valence-electron chi connectivity index (χ0n) is 20.8. The minimum Gasteiger partial charge on any atom is -0.341 e. The van der Waals surface area contributed by atoms with Gasteiger partial charge in [-0.2, -0.15) is 0 Å². The lowest BCUT2D eigenvalue weighted by atomic mass is 10.0. The summed E-state index contributed by atoms with van der Waals surface area (Å²) in [6, 6.07) is 15.5. The van der Waals surface area contributed by atoms with Crippen molar-refractivity contribution in [1.82, 2.24) is 40.5 Å². The third-order valence-electron chi connectivity index (χ3n) is 7.61. The smallest absolute Gasteiger partial charge is 0.123 e. The van der Waals surface area contributed by atoms with Crippen molar-refractivity contribution < 1.29 is 0 Å². The first-order valence-electron chi connectivity index (χ1n) is 13.1. The molecule has 0 unspecified atom stereocenters. The Hall–Kier alpha value is -3.88. The molecule has 5 heterocycles. The summed E-state index contributed by atoms with van der Waals surface area (Å²) >= 11 is 0. The predicted molar refractivity (Wildman–Crippen MR) is 145 cm³/mol. The first kappa shape index (κ1) is 22.3. The zero-order valence-corrected chi connectivity index (χ0v) is 20.8. The van der Waals surface area contributed by atoms with E-state index < -0.39 is 0 Å². The van der Waals surface area contributed by atoms with Crippen LogP contribution < -0.4 is 10.6 Å². The minimum atomic E-state index is 0.283. The second kappa shape index (κ2) is 9.21. The van der Waals surface area contributed by atoms with Crippen molar-refractivity contribution in [2.24, 2.45) is 5.92 Å². The van der Waals surface area contributed by atoms with Crippen molar-refractivity contribution in [2.45, 2.75) is 38.3 Å². The summed E-state index contributed by atoms with van der Waals surface area (Å²) in [6.07, 6.45) is 9.06. The molecule has 0 radical (unpaired) electrons. The SMILES string of the molecule is C[C@H]1CN[C@H](c2ncc(-c3cnc4cc(-c5ccc(-c6cnc([C@@H]7CCCN7)[nH]6)cc5)ccc4n3)[nH]2)C1. The molecule has 4 N–H and O–H groups in total. The number of fused-ring (bicyclic) bond motifs is 1. The van der Waals surface area contributed by atoms with Gasteiger partial charge in [0.2, 0.25) is 0 Å². The molecule has 0 aliphatic carbocycles. The quantitative estimate of drug-likeness (QED) is 0.271. The molecule has 8 nitrogen and oxygen atoms in total. The molecule has 2 fully saturated rings. The number of aromatic nitrogens is 6. The Labute approximate surface area is 215 Å². The maximum atomic E-state index is 4.85. The van der Waals surface area contributed by atoms with Crippen molar-refractivity contribution >= 4 is 11.0 Å². The van der Waals surface area contributed by atoms with Gasteiger partial charge in [-0.05, 0) is 67.1 Å². The second-order valence-electron chi connectivity index (χ2n) is 10.4. The van der Waals surface area contributed by atoms with Crippen LogP contribution in [0.4, 0.5) is 0 Å². The zero-order chi connectivity index (χ0) is 24.8. The summed E-state index contributed by atoms with van der Waals surface area (Å²) in [7, 11) is 0. The molecule has 0 bridgehead atoms. The lowest BCUT2D eigenvalue weighted by Gasteiger charge is -2.07. The van der Waals surface area contributed by atoms with E-state index in [9.17, 15) is 0 Å². The van der Waals surface area contributed by atoms with E-state index >= 15 is 0 Å². The van der Waals surface area contributed by atoms with E-state index in [4.69, 9.17) is 9.97 Å². The summed E-state index contributed by atoms with van der Waals surface area (Å²) in [4.78, 5) is 25.7. The molecule has 3 atom stereocenters. The average Bonchev–Trinajstić information content (AvgIpc) is 3.74. The standard InChI is InChI=1S/C29H30N8/c1-17-11-24(31-13-17)29-34-16-27(37-29)26-15-32-23-12-20(8-9-21(23)35-26)18-4-6-19(7-5-18)25-14-33-28(36-25)22-3-2-10-30-22/h4-9,12,14-17,22,24,30-31H,2-3,10-11,13H2,1H3,(H,33,36)(H,34,37)/t17-,22+,24+/m1/s1. The van der Waals surface area contributed by atoms with Crippen LogP contribution >= 0.6 is 0 Å². The molecule has 0 saturated carbocycles. The largest absolute Gasteiger partial charge is 0.341 e. The van der Waals surface area contributed by atoms with Crippen molar-refractivity contribution in [3.05, 3.63) is 72.7 Å². The molecular formula is C29H30N8. The molecule has 2 aromatic carbocycles. The highest BCUT2D eigenvalue weighted by Crippen LogP contribution is 2.29. The van der Waals surface area contributed by atoms with E-state index in [0.717, 1.165) is 82.4 Å². The molecule has 5 aromatic rings. The first-order valence-corrected chi connectivity index (χ1v) is 13.1. The van der Waals surface area contributed by atoms with Gasteiger partial charge in [0.25, 0.3) is 0 Å². The number of hydrogen-bond donors (Lipinski definition) is 4. The number of nitrogens with zero attached hydrogens (tertiary/aromatic N) is 4. The minimum absolute atomic E-state index is 0.283. The first-order chi connectivity index (χ1) is 18.2. The van der Waals surface area contributed by atoms with Gasteiger partial charge in [-0.15, -0.1) is 0 Å². The molecule has 0 amide bonds. The maximum absolute atomic E-state index is 4.85. The van der Waals surface area contributed by atoms with Crippen LogP contribution in [0.15, 0.2) is 61.1 Å². The third-order valence-corrected chi connectivity index (χ3v) is 7.61. The van der Waals surface area contributed by atoms with Gasteiger partial charge in [0.15, 0.2) is 0 Å². The monoisotopic (exact) mass is 490 g/mol. The van der Waals surface area contributed by atoms with Crippen LogP contribution in [-0.2, 0) is 0 Å². The van der Waals surface area contributed by atoms with Gasteiger partial charge in [-0.1, -0.05) is 37.3 Å². The fourth-order valence-electron chi connectivity index (χ4n) is 5.51. The molecule has 3 aromatic heterocycles. The molecule has 2 aliphatic heterocycles. The predicted octanol–water partition coefficient (Wildman–Crippen LogP) is 5.17. The van der Waals surface area contributed by atoms with E-state index in [1.165, 1.54) is 6.42 Å². The topological polar surface area (TPSA) is 107 Å². The normalized spacial score (nSPS) is 21.7. The molecule has 186 valence electrons. The number of nitrogens with one attached hydrogen (secondary N) is 4. The lowest BCUT2D eigenvalue weighted by Crippen LogP contribution is -2.14. The van der Waals surface area contributed by atoms with Gasteiger partial charge in [-0.3, -0.25) is 4.98 Å². The van der Waals surface area contributed by atoms with E-state index in [1.807, 2.05) is 24.7 Å². The number of imidazole rings is 2. The van der Waals surface area contributed by atoms with E-state index in [0.29, 0.717) is 12.0 Å². The highest BCUT2D eigenvalue weighted by molar-refractivity contribution is 5.83. The molecule has 2 aliphatic rings. The van der Waals surface area contributed by atoms with Crippen LogP contribution in [0.1, 0.15) is 49.9 Å². The van der Waals surface area contributed by atoms with E-state index in [2.05, 4.69) is 73.9 Å². The van der Waals surface area contributed by atoms with Crippen LogP contribution in [0, 0.1) is 5.92 Å².